The summed E-state index contributed by atoms with van der Waals surface area (Å²) < 4.78 is 77.4. The van der Waals surface area contributed by atoms with Gasteiger partial charge in [-0.25, -0.2) is 4.98 Å². The van der Waals surface area contributed by atoms with Crippen LogP contribution in [0.15, 0.2) is 12.1 Å². The molecule has 0 aliphatic rings. The van der Waals surface area contributed by atoms with E-state index >= 15 is 0 Å². The second-order valence-electron chi connectivity index (χ2n) is 4.30. The van der Waals surface area contributed by atoms with Gasteiger partial charge in [0.2, 0.25) is 0 Å². The normalized spacial score (nSPS) is 12.5. The third-order valence-electron chi connectivity index (χ3n) is 2.64. The van der Waals surface area contributed by atoms with Gasteiger partial charge in [0, 0.05) is 6.07 Å². The largest absolute Gasteiger partial charge is 0.573 e. The number of aromatic nitrogens is 1. The Morgan fingerprint density at radius 2 is 1.91 bits per heavy atom. The third-order valence-corrected chi connectivity index (χ3v) is 3.56. The van der Waals surface area contributed by atoms with Gasteiger partial charge in [0.1, 0.15) is 5.75 Å². The van der Waals surface area contributed by atoms with Crippen LogP contribution in [0.2, 0.25) is 0 Å². The highest BCUT2D eigenvalue weighted by molar-refractivity contribution is 7.22. The van der Waals surface area contributed by atoms with Crippen LogP contribution in [-0.2, 0) is 11.2 Å². The van der Waals surface area contributed by atoms with Crippen molar-refractivity contribution in [2.24, 2.45) is 0 Å². The second kappa shape index (κ2) is 5.87. The zero-order valence-corrected chi connectivity index (χ0v) is 12.1. The highest BCUT2D eigenvalue weighted by atomic mass is 32.1. The number of amides is 1. The lowest BCUT2D eigenvalue weighted by Gasteiger charge is -2.10. The van der Waals surface area contributed by atoms with Gasteiger partial charge in [0.15, 0.2) is 5.13 Å². The van der Waals surface area contributed by atoms with E-state index in [-0.39, 0.29) is 21.8 Å². The second-order valence-corrected chi connectivity index (χ2v) is 5.33. The van der Waals surface area contributed by atoms with E-state index in [1.807, 2.05) is 0 Å². The van der Waals surface area contributed by atoms with E-state index < -0.39 is 24.2 Å². The van der Waals surface area contributed by atoms with E-state index in [2.05, 4.69) is 9.72 Å². The first-order chi connectivity index (χ1) is 10.5. The molecule has 0 aliphatic carbocycles. The SMILES string of the molecule is CCc1cc(OC(F)(F)F)cc2sc(NC(=O)C(F)(F)F)nc12. The van der Waals surface area contributed by atoms with E-state index in [1.54, 1.807) is 12.2 Å². The number of anilines is 1. The molecule has 0 fully saturated rings. The smallest absolute Gasteiger partial charge is 0.406 e. The first-order valence-electron chi connectivity index (χ1n) is 6.07. The van der Waals surface area contributed by atoms with Crippen LogP contribution in [0.1, 0.15) is 12.5 Å². The van der Waals surface area contributed by atoms with Gasteiger partial charge < -0.3 is 4.74 Å². The summed E-state index contributed by atoms with van der Waals surface area (Å²) in [6.45, 7) is 1.64. The minimum atomic E-state index is -5.09. The quantitative estimate of drug-likeness (QED) is 0.835. The molecule has 23 heavy (non-hydrogen) atoms. The van der Waals surface area contributed by atoms with Crippen LogP contribution in [0.4, 0.5) is 31.5 Å². The molecule has 0 radical (unpaired) electrons. The van der Waals surface area contributed by atoms with Crippen LogP contribution in [0.5, 0.6) is 5.75 Å². The lowest BCUT2D eigenvalue weighted by molar-refractivity contribution is -0.274. The number of alkyl halides is 6. The monoisotopic (exact) mass is 358 g/mol. The minimum absolute atomic E-state index is 0.168. The van der Waals surface area contributed by atoms with Crippen LogP contribution in [0.3, 0.4) is 0 Å². The van der Waals surface area contributed by atoms with Crippen LogP contribution in [0, 0.1) is 0 Å². The Labute approximate surface area is 129 Å². The van der Waals surface area contributed by atoms with Crippen molar-refractivity contribution in [2.75, 3.05) is 5.32 Å². The highest BCUT2D eigenvalue weighted by Gasteiger charge is 2.39. The lowest BCUT2D eigenvalue weighted by Crippen LogP contribution is -2.29. The average Bonchev–Trinajstić information content (AvgIpc) is 2.76. The predicted octanol–water partition coefficient (Wildman–Crippen LogP) is 4.26. The average molecular weight is 358 g/mol. The van der Waals surface area contributed by atoms with Gasteiger partial charge in [0.05, 0.1) is 10.2 Å². The van der Waals surface area contributed by atoms with Gasteiger partial charge in [-0.1, -0.05) is 18.3 Å². The molecule has 0 unspecified atom stereocenters. The molecule has 1 heterocycles. The fourth-order valence-electron chi connectivity index (χ4n) is 1.75. The first kappa shape index (κ1) is 17.3. The Bertz CT molecular complexity index is 737. The molecule has 0 spiro atoms. The molecule has 126 valence electrons. The van der Waals surface area contributed by atoms with E-state index in [1.165, 1.54) is 0 Å². The molecule has 2 aromatic rings. The fraction of sp³-hybridized carbons (Fsp3) is 0.333. The summed E-state index contributed by atoms with van der Waals surface area (Å²) in [5.74, 6) is -2.71. The Morgan fingerprint density at radius 3 is 2.43 bits per heavy atom. The van der Waals surface area contributed by atoms with Gasteiger partial charge in [-0.15, -0.1) is 13.2 Å². The minimum Gasteiger partial charge on any atom is -0.406 e. The number of hydrogen-bond acceptors (Lipinski definition) is 4. The molecule has 0 atom stereocenters. The molecule has 1 N–H and O–H groups in total. The molecule has 1 amide bonds. The summed E-state index contributed by atoms with van der Waals surface area (Å²) in [5.41, 5.74) is 0.565. The number of hydrogen-bond donors (Lipinski definition) is 1. The molecule has 0 aliphatic heterocycles. The van der Waals surface area contributed by atoms with Crippen molar-refractivity contribution < 1.29 is 35.9 Å². The predicted molar refractivity (Wildman–Crippen MR) is 70.4 cm³/mol. The summed E-state index contributed by atoms with van der Waals surface area (Å²) in [6.07, 6.45) is -9.70. The van der Waals surface area contributed by atoms with Crippen molar-refractivity contribution in [2.45, 2.75) is 25.9 Å². The van der Waals surface area contributed by atoms with Gasteiger partial charge in [-0.05, 0) is 18.1 Å². The van der Waals surface area contributed by atoms with Crippen molar-refractivity contribution in [1.82, 2.24) is 4.98 Å². The van der Waals surface area contributed by atoms with Gasteiger partial charge in [-0.3, -0.25) is 10.1 Å². The number of aryl methyl sites for hydroxylation is 1. The Hall–Kier alpha value is -2.04. The maximum absolute atomic E-state index is 12.3. The fourth-order valence-corrected chi connectivity index (χ4v) is 2.69. The van der Waals surface area contributed by atoms with E-state index in [0.29, 0.717) is 16.9 Å². The summed E-state index contributed by atoms with van der Waals surface area (Å²) in [7, 11) is 0. The summed E-state index contributed by atoms with van der Waals surface area (Å²) >= 11 is 0.621. The standard InChI is InChI=1S/C12H8F6N2O2S/c1-2-5-3-6(22-12(16,17)18)4-7-8(5)19-10(23-7)20-9(21)11(13,14)15/h3-4H,2H2,1H3,(H,19,20,21). The van der Waals surface area contributed by atoms with Crippen molar-refractivity contribution in [3.05, 3.63) is 17.7 Å². The molecule has 1 aromatic carbocycles. The Kier molecular flexibility index (Phi) is 4.42. The number of halogens is 6. The van der Waals surface area contributed by atoms with E-state index in [9.17, 15) is 31.1 Å². The third kappa shape index (κ3) is 4.24. The number of ether oxygens (including phenoxy) is 1. The highest BCUT2D eigenvalue weighted by Crippen LogP contribution is 2.35. The van der Waals surface area contributed by atoms with Gasteiger partial charge >= 0.3 is 18.4 Å². The lowest BCUT2D eigenvalue weighted by atomic mass is 10.1. The molecule has 4 nitrogen and oxygen atoms in total. The number of rotatable bonds is 3. The van der Waals surface area contributed by atoms with E-state index in [0.717, 1.165) is 12.1 Å². The van der Waals surface area contributed by atoms with Crippen LogP contribution >= 0.6 is 11.3 Å². The number of nitrogens with zero attached hydrogens (tertiary/aromatic N) is 1. The maximum Gasteiger partial charge on any atom is 0.573 e. The molecule has 2 rings (SSSR count). The first-order valence-corrected chi connectivity index (χ1v) is 6.88. The molecule has 11 heteroatoms. The van der Waals surface area contributed by atoms with E-state index in [4.69, 9.17) is 0 Å². The van der Waals surface area contributed by atoms with Crippen molar-refractivity contribution in [3.63, 3.8) is 0 Å². The Morgan fingerprint density at radius 1 is 1.26 bits per heavy atom. The number of thiazole rings is 1. The van der Waals surface area contributed by atoms with Crippen LogP contribution in [0.25, 0.3) is 10.2 Å². The number of nitrogens with one attached hydrogen (secondary N) is 1. The van der Waals surface area contributed by atoms with Crippen molar-refractivity contribution >= 4 is 32.6 Å². The van der Waals surface area contributed by atoms with Crippen molar-refractivity contribution in [1.29, 1.82) is 0 Å². The maximum atomic E-state index is 12.3. The zero-order chi connectivity index (χ0) is 17.4. The molecule has 0 bridgehead atoms. The number of carbonyl (C=O) groups is 1. The van der Waals surface area contributed by atoms with Crippen molar-refractivity contribution in [3.8, 4) is 5.75 Å². The number of fused-ring (bicyclic) bond motifs is 1. The Balaban J connectivity index is 2.40. The van der Waals surface area contributed by atoms with Crippen LogP contribution < -0.4 is 10.1 Å². The van der Waals surface area contributed by atoms with Gasteiger partial charge in [-0.2, -0.15) is 13.2 Å². The molecular formula is C12H8F6N2O2S. The molecule has 0 saturated carbocycles. The summed E-state index contributed by atoms with van der Waals surface area (Å²) in [6, 6.07) is 2.10. The number of benzene rings is 1. The van der Waals surface area contributed by atoms with Gasteiger partial charge in [0.25, 0.3) is 0 Å². The summed E-state index contributed by atoms with van der Waals surface area (Å²) in [4.78, 5) is 14.7. The molecule has 0 saturated heterocycles. The number of carbonyl (C=O) groups excluding carboxylic acids is 1. The van der Waals surface area contributed by atoms with Crippen LogP contribution in [-0.4, -0.2) is 23.4 Å². The molecule has 1 aromatic heterocycles. The molecular weight excluding hydrogens is 350 g/mol. The summed E-state index contributed by atoms with van der Waals surface area (Å²) in [5, 5.41) is 1.21. The topological polar surface area (TPSA) is 51.2 Å². The zero-order valence-electron chi connectivity index (χ0n) is 11.3.